The molecule has 0 fully saturated rings. The minimum absolute atomic E-state index is 0. The van der Waals surface area contributed by atoms with Gasteiger partial charge in [-0.2, -0.15) is 0 Å². The van der Waals surface area contributed by atoms with Crippen molar-refractivity contribution in [3.05, 3.63) is 12.5 Å². The minimum atomic E-state index is -3.50. The molecule has 1 aromatic rings. The number of likely N-dealkylation sites (N-methyl/N-ethyl adjacent to an activating group) is 1. The number of imidazole rings is 1. The van der Waals surface area contributed by atoms with Crippen LogP contribution in [0.2, 0.25) is 0 Å². The van der Waals surface area contributed by atoms with Crippen molar-refractivity contribution in [2.45, 2.75) is 38.4 Å². The number of halogens is 1. The van der Waals surface area contributed by atoms with Gasteiger partial charge in [0.2, 0.25) is 0 Å². The van der Waals surface area contributed by atoms with Gasteiger partial charge in [0.25, 0.3) is 10.0 Å². The highest BCUT2D eigenvalue weighted by Gasteiger charge is 2.17. The van der Waals surface area contributed by atoms with E-state index in [4.69, 9.17) is 0 Å². The van der Waals surface area contributed by atoms with Crippen molar-refractivity contribution >= 4 is 22.4 Å². The molecule has 0 aliphatic rings. The average molecular weight is 311 g/mol. The van der Waals surface area contributed by atoms with Crippen LogP contribution in [0.3, 0.4) is 0 Å². The van der Waals surface area contributed by atoms with E-state index in [-0.39, 0.29) is 23.5 Å². The van der Waals surface area contributed by atoms with E-state index >= 15 is 0 Å². The zero-order valence-corrected chi connectivity index (χ0v) is 13.4. The fourth-order valence-corrected chi connectivity index (χ4v) is 2.49. The van der Waals surface area contributed by atoms with Crippen molar-refractivity contribution in [2.75, 3.05) is 13.6 Å². The fraction of sp³-hybridized carbons (Fsp3) is 0.727. The maximum atomic E-state index is 11.9. The van der Waals surface area contributed by atoms with Crippen LogP contribution in [-0.2, 0) is 16.6 Å². The normalized spacial score (nSPS) is 13.3. The summed E-state index contributed by atoms with van der Waals surface area (Å²) in [5.41, 5.74) is 0. The summed E-state index contributed by atoms with van der Waals surface area (Å²) in [6.07, 6.45) is 3.11. The highest BCUT2D eigenvalue weighted by Crippen LogP contribution is 2.07. The lowest BCUT2D eigenvalue weighted by Gasteiger charge is -2.10. The molecule has 0 saturated heterocycles. The first-order chi connectivity index (χ1) is 8.35. The second kappa shape index (κ2) is 7.84. The molecule has 0 amide bonds. The standard InChI is InChI=1S/C11H22N4O2S.ClH/c1-9(2)6-15-7-11(13-8-15)18(16,17)14-5-10(3)12-4;/h7-10,12,14H,5-6H2,1-4H3;1H. The smallest absolute Gasteiger partial charge is 0.259 e. The van der Waals surface area contributed by atoms with E-state index in [1.807, 2.05) is 6.92 Å². The molecule has 8 heteroatoms. The fourth-order valence-electron chi connectivity index (χ4n) is 1.41. The van der Waals surface area contributed by atoms with Gasteiger partial charge in [0.05, 0.1) is 6.33 Å². The van der Waals surface area contributed by atoms with Crippen molar-refractivity contribution in [2.24, 2.45) is 5.92 Å². The number of hydrogen-bond donors (Lipinski definition) is 2. The van der Waals surface area contributed by atoms with Crippen LogP contribution in [0.4, 0.5) is 0 Å². The molecule has 0 aromatic carbocycles. The van der Waals surface area contributed by atoms with Crippen molar-refractivity contribution in [1.29, 1.82) is 0 Å². The second-order valence-corrected chi connectivity index (χ2v) is 6.56. The molecule has 6 nitrogen and oxygen atoms in total. The summed E-state index contributed by atoms with van der Waals surface area (Å²) in [6, 6.07) is 0.0810. The van der Waals surface area contributed by atoms with Gasteiger partial charge in [-0.25, -0.2) is 18.1 Å². The summed E-state index contributed by atoms with van der Waals surface area (Å²) in [5.74, 6) is 0.451. The summed E-state index contributed by atoms with van der Waals surface area (Å²) in [5, 5.41) is 3.04. The predicted molar refractivity (Wildman–Crippen MR) is 78.0 cm³/mol. The first-order valence-corrected chi connectivity index (χ1v) is 7.52. The Morgan fingerprint density at radius 3 is 2.53 bits per heavy atom. The van der Waals surface area contributed by atoms with E-state index in [0.29, 0.717) is 12.5 Å². The van der Waals surface area contributed by atoms with E-state index in [9.17, 15) is 8.42 Å². The molecule has 1 heterocycles. The number of nitrogens with one attached hydrogen (secondary N) is 2. The van der Waals surface area contributed by atoms with Gasteiger partial charge in [0.1, 0.15) is 0 Å². The van der Waals surface area contributed by atoms with Crippen LogP contribution in [0, 0.1) is 5.92 Å². The largest absolute Gasteiger partial charge is 0.336 e. The van der Waals surface area contributed by atoms with Crippen molar-refractivity contribution in [3.63, 3.8) is 0 Å². The molecule has 1 atom stereocenters. The lowest BCUT2D eigenvalue weighted by atomic mass is 10.2. The number of rotatable bonds is 7. The summed E-state index contributed by atoms with van der Waals surface area (Å²) in [4.78, 5) is 3.94. The molecule has 0 aliphatic carbocycles. The van der Waals surface area contributed by atoms with Crippen molar-refractivity contribution in [1.82, 2.24) is 19.6 Å². The molecule has 0 aliphatic heterocycles. The molecule has 1 aromatic heterocycles. The Kier molecular flexibility index (Phi) is 7.58. The maximum absolute atomic E-state index is 11.9. The molecule has 112 valence electrons. The number of aromatic nitrogens is 2. The summed E-state index contributed by atoms with van der Waals surface area (Å²) < 4.78 is 28.2. The van der Waals surface area contributed by atoms with Gasteiger partial charge in [-0.05, 0) is 19.9 Å². The van der Waals surface area contributed by atoms with Gasteiger partial charge >= 0.3 is 0 Å². The monoisotopic (exact) mass is 310 g/mol. The van der Waals surface area contributed by atoms with Crippen LogP contribution in [0.5, 0.6) is 0 Å². The van der Waals surface area contributed by atoms with Crippen LogP contribution in [0.15, 0.2) is 17.6 Å². The summed E-state index contributed by atoms with van der Waals surface area (Å²) >= 11 is 0. The Hall–Kier alpha value is -0.630. The number of sulfonamides is 1. The topological polar surface area (TPSA) is 76.0 Å². The van der Waals surface area contributed by atoms with Crippen molar-refractivity contribution in [3.8, 4) is 0 Å². The van der Waals surface area contributed by atoms with Gasteiger partial charge in [-0.1, -0.05) is 13.8 Å². The van der Waals surface area contributed by atoms with Crippen molar-refractivity contribution < 1.29 is 8.42 Å². The lowest BCUT2D eigenvalue weighted by Crippen LogP contribution is -2.37. The van der Waals surface area contributed by atoms with E-state index in [1.165, 1.54) is 0 Å². The molecule has 0 spiro atoms. The summed E-state index contributed by atoms with van der Waals surface area (Å²) in [7, 11) is -1.71. The third-order valence-corrected chi connectivity index (χ3v) is 3.84. The SMILES string of the molecule is CNC(C)CNS(=O)(=O)c1cn(CC(C)C)cn1.Cl. The molecule has 2 N–H and O–H groups in total. The van der Waals surface area contributed by atoms with Crippen LogP contribution in [-0.4, -0.2) is 37.6 Å². The van der Waals surface area contributed by atoms with Gasteiger partial charge in [0, 0.05) is 25.3 Å². The molecule has 1 rings (SSSR count). The Morgan fingerprint density at radius 2 is 2.00 bits per heavy atom. The first-order valence-electron chi connectivity index (χ1n) is 6.04. The van der Waals surface area contributed by atoms with E-state index in [1.54, 1.807) is 24.1 Å². The van der Waals surface area contributed by atoms with Crippen LogP contribution >= 0.6 is 12.4 Å². The third-order valence-electron chi connectivity index (χ3n) is 2.53. The summed E-state index contributed by atoms with van der Waals surface area (Å²) in [6.45, 7) is 7.15. The van der Waals surface area contributed by atoms with Gasteiger partial charge in [0.15, 0.2) is 5.03 Å². The molecular formula is C11H23ClN4O2S. The molecule has 19 heavy (non-hydrogen) atoms. The molecule has 0 radical (unpaired) electrons. The van der Waals surface area contributed by atoms with Crippen LogP contribution in [0.1, 0.15) is 20.8 Å². The molecule has 1 unspecified atom stereocenters. The Labute approximate surface area is 121 Å². The molecule has 0 bridgehead atoms. The van der Waals surface area contributed by atoms with E-state index in [2.05, 4.69) is 28.9 Å². The van der Waals surface area contributed by atoms with E-state index < -0.39 is 10.0 Å². The highest BCUT2D eigenvalue weighted by atomic mass is 35.5. The van der Waals surface area contributed by atoms with Gasteiger partial charge in [-0.15, -0.1) is 12.4 Å². The minimum Gasteiger partial charge on any atom is -0.336 e. The van der Waals surface area contributed by atoms with Gasteiger partial charge in [-0.3, -0.25) is 0 Å². The predicted octanol–water partition coefficient (Wildman–Crippen LogP) is 0.847. The highest BCUT2D eigenvalue weighted by molar-refractivity contribution is 7.89. The first kappa shape index (κ1) is 18.4. The second-order valence-electron chi connectivity index (χ2n) is 4.84. The third kappa shape index (κ3) is 5.90. The van der Waals surface area contributed by atoms with Crippen LogP contribution in [0.25, 0.3) is 0 Å². The zero-order chi connectivity index (χ0) is 13.8. The van der Waals surface area contributed by atoms with E-state index in [0.717, 1.165) is 6.54 Å². The zero-order valence-electron chi connectivity index (χ0n) is 11.8. The number of nitrogens with zero attached hydrogens (tertiary/aromatic N) is 2. The Balaban J connectivity index is 0.00000324. The Morgan fingerprint density at radius 1 is 1.37 bits per heavy atom. The maximum Gasteiger partial charge on any atom is 0.259 e. The molecule has 0 saturated carbocycles. The Bertz CT molecular complexity index is 473. The quantitative estimate of drug-likeness (QED) is 0.783. The number of hydrogen-bond acceptors (Lipinski definition) is 4. The lowest BCUT2D eigenvalue weighted by molar-refractivity contribution is 0.521. The average Bonchev–Trinajstić information content (AvgIpc) is 2.74. The van der Waals surface area contributed by atoms with Gasteiger partial charge < -0.3 is 9.88 Å². The molecular weight excluding hydrogens is 288 g/mol. The van der Waals surface area contributed by atoms with Crippen LogP contribution < -0.4 is 10.0 Å².